The predicted molar refractivity (Wildman–Crippen MR) is 85.6 cm³/mol. The Kier molecular flexibility index (Phi) is 3.26. The topological polar surface area (TPSA) is 25.8 Å². The second-order valence-electron chi connectivity index (χ2n) is 6.37. The van der Waals surface area contributed by atoms with E-state index >= 15 is 0 Å². The normalized spacial score (nSPS) is 23.7. The van der Waals surface area contributed by atoms with Crippen LogP contribution in [0.15, 0.2) is 29.4 Å². The fraction of sp³-hybridized carbons (Fsp3) is 0.444. The minimum Gasteiger partial charge on any atom is -0.227 e. The second kappa shape index (κ2) is 5.13. The number of nitrogens with zero attached hydrogens (tertiary/aromatic N) is 2. The molecular weight excluding hydrogens is 276 g/mol. The summed E-state index contributed by atoms with van der Waals surface area (Å²) in [6.45, 7) is 0. The monoisotopic (exact) mass is 295 g/mol. The molecule has 4 rings (SSSR count). The lowest BCUT2D eigenvalue weighted by atomic mass is 9.64. The third-order valence-corrected chi connectivity index (χ3v) is 5.65. The van der Waals surface area contributed by atoms with Gasteiger partial charge in [-0.1, -0.05) is 36.0 Å². The van der Waals surface area contributed by atoms with Crippen LogP contribution in [0.25, 0.3) is 0 Å². The molecule has 1 spiro atoms. The molecule has 1 aromatic carbocycles. The molecule has 0 aliphatic heterocycles. The number of thioether (sulfide) groups is 1. The van der Waals surface area contributed by atoms with Gasteiger partial charge in [-0.05, 0) is 61.3 Å². The Hall–Kier alpha value is -1.35. The molecule has 0 bridgehead atoms. The maximum atomic E-state index is 4.76. The van der Waals surface area contributed by atoms with Crippen molar-refractivity contribution in [3.05, 3.63) is 52.8 Å². The standard InChI is InChI=1S/C18H19N2S/c1-21-17-19-12-15-7-9-18(11-16(15)20-17)8-6-13-4-2-3-5-14(13)10-18/h2-5H,6-11H2,1H3/t18-/m1/s1. The summed E-state index contributed by atoms with van der Waals surface area (Å²) in [5, 5.41) is 0.863. The molecule has 2 aliphatic rings. The maximum absolute atomic E-state index is 4.76. The molecule has 2 aliphatic carbocycles. The first-order valence-electron chi connectivity index (χ1n) is 7.66. The third kappa shape index (κ3) is 2.38. The molecule has 3 heteroatoms. The van der Waals surface area contributed by atoms with E-state index < -0.39 is 0 Å². The summed E-state index contributed by atoms with van der Waals surface area (Å²) in [4.78, 5) is 9.06. The molecule has 0 saturated heterocycles. The number of benzene rings is 1. The molecule has 1 aromatic heterocycles. The van der Waals surface area contributed by atoms with E-state index in [2.05, 4.69) is 35.4 Å². The second-order valence-corrected chi connectivity index (χ2v) is 7.14. The van der Waals surface area contributed by atoms with E-state index in [1.807, 2.05) is 6.26 Å². The van der Waals surface area contributed by atoms with E-state index in [-0.39, 0.29) is 0 Å². The number of aryl methyl sites for hydroxylation is 2. The summed E-state index contributed by atoms with van der Waals surface area (Å²) in [5.41, 5.74) is 6.01. The highest BCUT2D eigenvalue weighted by Gasteiger charge is 2.38. The van der Waals surface area contributed by atoms with Crippen molar-refractivity contribution in [1.82, 2.24) is 9.97 Å². The first kappa shape index (κ1) is 13.3. The largest absolute Gasteiger partial charge is 0.227 e. The Morgan fingerprint density at radius 2 is 1.90 bits per heavy atom. The van der Waals surface area contributed by atoms with E-state index in [9.17, 15) is 0 Å². The summed E-state index contributed by atoms with van der Waals surface area (Å²) in [6.07, 6.45) is 12.4. The molecule has 107 valence electrons. The molecule has 0 saturated carbocycles. The minimum atomic E-state index is 0.416. The van der Waals surface area contributed by atoms with Crippen LogP contribution in [0, 0.1) is 11.6 Å². The Labute approximate surface area is 130 Å². The van der Waals surface area contributed by atoms with Gasteiger partial charge in [0.25, 0.3) is 0 Å². The number of fused-ring (bicyclic) bond motifs is 2. The minimum absolute atomic E-state index is 0.416. The van der Waals surface area contributed by atoms with Gasteiger partial charge in [0.15, 0.2) is 5.16 Å². The highest BCUT2D eigenvalue weighted by Crippen LogP contribution is 2.44. The molecule has 1 atom stereocenters. The Bertz CT molecular complexity index is 683. The average Bonchev–Trinajstić information content (AvgIpc) is 2.54. The molecular formula is C18H19N2S. The first-order chi connectivity index (χ1) is 10.3. The molecule has 2 aromatic rings. The summed E-state index contributed by atoms with van der Waals surface area (Å²) in [5.74, 6) is 0. The molecule has 0 unspecified atom stereocenters. The lowest BCUT2D eigenvalue weighted by Crippen LogP contribution is -2.35. The number of aromatic nitrogens is 2. The highest BCUT2D eigenvalue weighted by molar-refractivity contribution is 7.98. The quantitative estimate of drug-likeness (QED) is 0.593. The van der Waals surface area contributed by atoms with Crippen LogP contribution < -0.4 is 0 Å². The third-order valence-electron chi connectivity index (χ3n) is 5.10. The van der Waals surface area contributed by atoms with Gasteiger partial charge in [0, 0.05) is 11.3 Å². The molecule has 1 radical (unpaired) electrons. The lowest BCUT2D eigenvalue weighted by molar-refractivity contribution is 0.206. The summed E-state index contributed by atoms with van der Waals surface area (Å²) < 4.78 is 0. The smallest absolute Gasteiger partial charge is 0.188 e. The predicted octanol–water partition coefficient (Wildman–Crippen LogP) is 3.66. The Morgan fingerprint density at radius 3 is 2.76 bits per heavy atom. The van der Waals surface area contributed by atoms with Crippen LogP contribution in [0.3, 0.4) is 0 Å². The van der Waals surface area contributed by atoms with Gasteiger partial charge in [0.05, 0.1) is 6.20 Å². The maximum Gasteiger partial charge on any atom is 0.188 e. The molecule has 0 amide bonds. The van der Waals surface area contributed by atoms with E-state index in [0.717, 1.165) is 18.0 Å². The van der Waals surface area contributed by atoms with Crippen LogP contribution in [0.2, 0.25) is 0 Å². The van der Waals surface area contributed by atoms with Crippen LogP contribution in [0.5, 0.6) is 0 Å². The van der Waals surface area contributed by atoms with E-state index in [0.29, 0.717) is 5.41 Å². The van der Waals surface area contributed by atoms with Crippen molar-refractivity contribution in [1.29, 1.82) is 0 Å². The average molecular weight is 295 g/mol. The van der Waals surface area contributed by atoms with Crippen LogP contribution in [0.1, 0.15) is 35.2 Å². The van der Waals surface area contributed by atoms with Crippen molar-refractivity contribution in [3.63, 3.8) is 0 Å². The van der Waals surface area contributed by atoms with Crippen molar-refractivity contribution >= 4 is 11.8 Å². The van der Waals surface area contributed by atoms with Crippen molar-refractivity contribution in [3.8, 4) is 0 Å². The summed E-state index contributed by atoms with van der Waals surface area (Å²) >= 11 is 1.61. The van der Waals surface area contributed by atoms with Gasteiger partial charge >= 0.3 is 0 Å². The molecule has 1 heterocycles. The Balaban J connectivity index is 1.66. The van der Waals surface area contributed by atoms with Crippen LogP contribution >= 0.6 is 11.8 Å². The van der Waals surface area contributed by atoms with Gasteiger partial charge in [-0.3, -0.25) is 0 Å². The zero-order valence-electron chi connectivity index (χ0n) is 12.4. The van der Waals surface area contributed by atoms with Crippen molar-refractivity contribution < 1.29 is 0 Å². The van der Waals surface area contributed by atoms with Gasteiger partial charge in [-0.25, -0.2) is 9.97 Å². The number of hydrogen-bond donors (Lipinski definition) is 0. The molecule has 0 fully saturated rings. The van der Waals surface area contributed by atoms with Gasteiger partial charge in [0.2, 0.25) is 0 Å². The zero-order valence-corrected chi connectivity index (χ0v) is 13.2. The fourth-order valence-electron chi connectivity index (χ4n) is 3.89. The number of rotatable bonds is 1. The lowest BCUT2D eigenvalue weighted by Gasteiger charge is -2.41. The highest BCUT2D eigenvalue weighted by atomic mass is 32.2. The van der Waals surface area contributed by atoms with E-state index in [4.69, 9.17) is 4.98 Å². The summed E-state index contributed by atoms with van der Waals surface area (Å²) in [7, 11) is 0. The van der Waals surface area contributed by atoms with Crippen molar-refractivity contribution in [2.75, 3.05) is 6.26 Å². The molecule has 0 N–H and O–H groups in total. The summed E-state index contributed by atoms with van der Waals surface area (Å²) in [6, 6.07) is 8.95. The van der Waals surface area contributed by atoms with Gasteiger partial charge in [-0.15, -0.1) is 0 Å². The zero-order chi connectivity index (χ0) is 14.3. The van der Waals surface area contributed by atoms with Crippen LogP contribution in [-0.4, -0.2) is 16.2 Å². The first-order valence-corrected chi connectivity index (χ1v) is 8.89. The van der Waals surface area contributed by atoms with Crippen molar-refractivity contribution in [2.45, 2.75) is 43.7 Å². The molecule has 2 nitrogen and oxygen atoms in total. The Morgan fingerprint density at radius 1 is 1.10 bits per heavy atom. The van der Waals surface area contributed by atoms with Gasteiger partial charge in [0.1, 0.15) is 0 Å². The fourth-order valence-corrected chi connectivity index (χ4v) is 4.23. The van der Waals surface area contributed by atoms with E-state index in [1.165, 1.54) is 36.9 Å². The number of hydrogen-bond acceptors (Lipinski definition) is 3. The van der Waals surface area contributed by atoms with Crippen LogP contribution in [-0.2, 0) is 25.7 Å². The van der Waals surface area contributed by atoms with Gasteiger partial charge in [-0.2, -0.15) is 0 Å². The van der Waals surface area contributed by atoms with Gasteiger partial charge < -0.3 is 0 Å². The van der Waals surface area contributed by atoms with E-state index in [1.54, 1.807) is 22.9 Å². The SMILES string of the molecule is CSc1n[c]c2c(n1)C[C@@]1(CC2)CCc2ccccc2C1. The molecule has 21 heavy (non-hydrogen) atoms. The van der Waals surface area contributed by atoms with Crippen molar-refractivity contribution in [2.24, 2.45) is 5.41 Å². The van der Waals surface area contributed by atoms with Crippen LogP contribution in [0.4, 0.5) is 0 Å².